The van der Waals surface area contributed by atoms with Crippen molar-refractivity contribution in [3.8, 4) is 5.75 Å². The van der Waals surface area contributed by atoms with Crippen molar-refractivity contribution in [1.82, 2.24) is 0 Å². The monoisotopic (exact) mass is 316 g/mol. The molecule has 0 aliphatic rings. The van der Waals surface area contributed by atoms with E-state index in [0.29, 0.717) is 11.3 Å². The average molecular weight is 316 g/mol. The minimum absolute atomic E-state index is 0.0247. The maximum absolute atomic E-state index is 11.0. The number of nitro groups is 1. The van der Waals surface area contributed by atoms with Crippen molar-refractivity contribution >= 4 is 11.4 Å². The van der Waals surface area contributed by atoms with Crippen molar-refractivity contribution in [3.05, 3.63) is 63.7 Å². The van der Waals surface area contributed by atoms with E-state index in [-0.39, 0.29) is 29.9 Å². The number of aliphatic hydroxyl groups is 1. The highest BCUT2D eigenvalue weighted by Crippen LogP contribution is 2.28. The average Bonchev–Trinajstić information content (AvgIpc) is 2.54. The van der Waals surface area contributed by atoms with Gasteiger partial charge in [-0.2, -0.15) is 0 Å². The zero-order valence-electron chi connectivity index (χ0n) is 13.2. The Morgan fingerprint density at radius 1 is 1.26 bits per heavy atom. The third-order valence-corrected chi connectivity index (χ3v) is 3.61. The molecular weight excluding hydrogens is 296 g/mol. The third kappa shape index (κ3) is 4.20. The van der Waals surface area contributed by atoms with Gasteiger partial charge in [0.25, 0.3) is 5.69 Å². The third-order valence-electron chi connectivity index (χ3n) is 3.61. The highest BCUT2D eigenvalue weighted by atomic mass is 16.6. The van der Waals surface area contributed by atoms with Gasteiger partial charge in [0.15, 0.2) is 0 Å². The Morgan fingerprint density at radius 2 is 1.96 bits per heavy atom. The molecule has 6 nitrogen and oxygen atoms in total. The molecule has 0 fully saturated rings. The SMILES string of the molecule is Cc1c(C(C)Nc2ccc(OCCO)cc2)cccc1[N+](=O)[O-]. The van der Waals surface area contributed by atoms with Crippen molar-refractivity contribution in [2.24, 2.45) is 0 Å². The molecule has 0 aromatic heterocycles. The van der Waals surface area contributed by atoms with Crippen LogP contribution in [0, 0.1) is 17.0 Å². The maximum atomic E-state index is 11.0. The second-order valence-electron chi connectivity index (χ2n) is 5.21. The first-order chi connectivity index (χ1) is 11.0. The number of nitro benzene ring substituents is 1. The van der Waals surface area contributed by atoms with E-state index < -0.39 is 0 Å². The van der Waals surface area contributed by atoms with Crippen LogP contribution >= 0.6 is 0 Å². The molecule has 2 N–H and O–H groups in total. The number of hydrogen-bond acceptors (Lipinski definition) is 5. The summed E-state index contributed by atoms with van der Waals surface area (Å²) in [5.74, 6) is 0.684. The lowest BCUT2D eigenvalue weighted by atomic mass is 10.0. The van der Waals surface area contributed by atoms with Crippen LogP contribution in [-0.2, 0) is 0 Å². The number of anilines is 1. The molecule has 1 unspecified atom stereocenters. The Labute approximate surface area is 134 Å². The van der Waals surface area contributed by atoms with Crippen LogP contribution in [0.4, 0.5) is 11.4 Å². The molecule has 2 aromatic carbocycles. The molecule has 2 aromatic rings. The molecule has 0 spiro atoms. The number of hydrogen-bond donors (Lipinski definition) is 2. The van der Waals surface area contributed by atoms with Gasteiger partial charge in [0.05, 0.1) is 11.5 Å². The number of nitrogens with zero attached hydrogens (tertiary/aromatic N) is 1. The van der Waals surface area contributed by atoms with E-state index in [9.17, 15) is 10.1 Å². The molecule has 0 amide bonds. The van der Waals surface area contributed by atoms with Gasteiger partial charge in [0, 0.05) is 23.4 Å². The molecular formula is C17H20N2O4. The lowest BCUT2D eigenvalue weighted by Gasteiger charge is -2.18. The Kier molecular flexibility index (Phi) is 5.54. The van der Waals surface area contributed by atoms with Gasteiger partial charge < -0.3 is 15.2 Å². The first kappa shape index (κ1) is 16.8. The topological polar surface area (TPSA) is 84.6 Å². The molecule has 23 heavy (non-hydrogen) atoms. The van der Waals surface area contributed by atoms with Crippen LogP contribution in [0.2, 0.25) is 0 Å². The fraction of sp³-hybridized carbons (Fsp3) is 0.294. The largest absolute Gasteiger partial charge is 0.491 e. The summed E-state index contributed by atoms with van der Waals surface area (Å²) < 4.78 is 5.31. The first-order valence-electron chi connectivity index (χ1n) is 7.37. The predicted octanol–water partition coefficient (Wildman–Crippen LogP) is 3.45. The molecule has 1 atom stereocenters. The second-order valence-corrected chi connectivity index (χ2v) is 5.21. The van der Waals surface area contributed by atoms with Crippen molar-refractivity contribution in [1.29, 1.82) is 0 Å². The lowest BCUT2D eigenvalue weighted by molar-refractivity contribution is -0.385. The van der Waals surface area contributed by atoms with E-state index in [1.807, 2.05) is 37.3 Å². The van der Waals surface area contributed by atoms with Crippen LogP contribution in [-0.4, -0.2) is 23.2 Å². The maximum Gasteiger partial charge on any atom is 0.272 e. The highest BCUT2D eigenvalue weighted by molar-refractivity contribution is 5.51. The van der Waals surface area contributed by atoms with Crippen LogP contribution in [0.3, 0.4) is 0 Å². The van der Waals surface area contributed by atoms with Gasteiger partial charge in [0.1, 0.15) is 12.4 Å². The second kappa shape index (κ2) is 7.60. The molecule has 0 radical (unpaired) electrons. The summed E-state index contributed by atoms with van der Waals surface area (Å²) in [5, 5.41) is 23.1. The summed E-state index contributed by atoms with van der Waals surface area (Å²) in [4.78, 5) is 10.7. The van der Waals surface area contributed by atoms with Gasteiger partial charge in [0.2, 0.25) is 0 Å². The van der Waals surface area contributed by atoms with Gasteiger partial charge in [-0.25, -0.2) is 0 Å². The molecule has 0 heterocycles. The van der Waals surface area contributed by atoms with Gasteiger partial charge in [-0.3, -0.25) is 10.1 Å². The lowest BCUT2D eigenvalue weighted by Crippen LogP contribution is -2.09. The smallest absolute Gasteiger partial charge is 0.272 e. The summed E-state index contributed by atoms with van der Waals surface area (Å²) in [6, 6.07) is 12.4. The van der Waals surface area contributed by atoms with Gasteiger partial charge >= 0.3 is 0 Å². The van der Waals surface area contributed by atoms with Gasteiger partial charge in [-0.1, -0.05) is 12.1 Å². The normalized spacial score (nSPS) is 11.8. The van der Waals surface area contributed by atoms with E-state index in [1.54, 1.807) is 13.0 Å². The number of ether oxygens (including phenoxy) is 1. The molecule has 0 saturated heterocycles. The Balaban J connectivity index is 2.11. The van der Waals surface area contributed by atoms with Gasteiger partial charge in [-0.15, -0.1) is 0 Å². The summed E-state index contributed by atoms with van der Waals surface area (Å²) in [6.45, 7) is 3.96. The van der Waals surface area contributed by atoms with Crippen molar-refractivity contribution < 1.29 is 14.8 Å². The standard InChI is InChI=1S/C17H20N2O4/c1-12-16(4-3-5-17(12)19(21)22)13(2)18-14-6-8-15(9-7-14)23-11-10-20/h3-9,13,18,20H,10-11H2,1-2H3. The fourth-order valence-corrected chi connectivity index (χ4v) is 2.45. The van der Waals surface area contributed by atoms with E-state index in [0.717, 1.165) is 11.3 Å². The van der Waals surface area contributed by atoms with E-state index in [1.165, 1.54) is 6.07 Å². The summed E-state index contributed by atoms with van der Waals surface area (Å²) in [7, 11) is 0. The van der Waals surface area contributed by atoms with Gasteiger partial charge in [-0.05, 0) is 43.7 Å². The molecule has 0 bridgehead atoms. The van der Waals surface area contributed by atoms with Crippen molar-refractivity contribution in [3.63, 3.8) is 0 Å². The molecule has 2 rings (SSSR count). The van der Waals surface area contributed by atoms with E-state index in [2.05, 4.69) is 5.32 Å². The molecule has 6 heteroatoms. The van der Waals surface area contributed by atoms with E-state index >= 15 is 0 Å². The summed E-state index contributed by atoms with van der Waals surface area (Å²) in [6.07, 6.45) is 0. The Bertz CT molecular complexity index is 671. The predicted molar refractivity (Wildman–Crippen MR) is 88.9 cm³/mol. The van der Waals surface area contributed by atoms with Crippen molar-refractivity contribution in [2.45, 2.75) is 19.9 Å². The quantitative estimate of drug-likeness (QED) is 0.603. The first-order valence-corrected chi connectivity index (χ1v) is 7.37. The number of nitrogens with one attached hydrogen (secondary N) is 1. The minimum Gasteiger partial charge on any atom is -0.491 e. The zero-order chi connectivity index (χ0) is 16.8. The van der Waals surface area contributed by atoms with Crippen LogP contribution in [0.25, 0.3) is 0 Å². The molecule has 0 aliphatic carbocycles. The molecule has 0 aliphatic heterocycles. The number of aliphatic hydroxyl groups excluding tert-OH is 1. The van der Waals surface area contributed by atoms with Crippen LogP contribution in [0.15, 0.2) is 42.5 Å². The number of rotatable bonds is 7. The highest BCUT2D eigenvalue weighted by Gasteiger charge is 2.17. The Morgan fingerprint density at radius 3 is 2.57 bits per heavy atom. The summed E-state index contributed by atoms with van der Waals surface area (Å²) >= 11 is 0. The van der Waals surface area contributed by atoms with E-state index in [4.69, 9.17) is 9.84 Å². The Hall–Kier alpha value is -2.60. The van der Waals surface area contributed by atoms with Crippen LogP contribution in [0.1, 0.15) is 24.1 Å². The molecule has 0 saturated carbocycles. The van der Waals surface area contributed by atoms with Crippen LogP contribution < -0.4 is 10.1 Å². The summed E-state index contributed by atoms with van der Waals surface area (Å²) in [5.41, 5.74) is 2.57. The fourth-order valence-electron chi connectivity index (χ4n) is 2.45. The number of benzene rings is 2. The minimum atomic E-state index is -0.362. The van der Waals surface area contributed by atoms with Crippen molar-refractivity contribution in [2.75, 3.05) is 18.5 Å². The van der Waals surface area contributed by atoms with Crippen LogP contribution in [0.5, 0.6) is 5.75 Å². The zero-order valence-corrected chi connectivity index (χ0v) is 13.2. The molecule has 122 valence electrons.